The van der Waals surface area contributed by atoms with E-state index in [1.54, 1.807) is 12.1 Å². The molecule has 0 unspecified atom stereocenters. The van der Waals surface area contributed by atoms with Crippen LogP contribution in [0.2, 0.25) is 0 Å². The highest BCUT2D eigenvalue weighted by Gasteiger charge is 2.22. The van der Waals surface area contributed by atoms with Crippen LogP contribution in [0.15, 0.2) is 42.5 Å². The Balaban J connectivity index is 1.54. The fourth-order valence-electron chi connectivity index (χ4n) is 3.38. The van der Waals surface area contributed by atoms with Crippen molar-refractivity contribution in [1.82, 2.24) is 4.90 Å². The number of hydrogen-bond acceptors (Lipinski definition) is 2. The van der Waals surface area contributed by atoms with E-state index in [1.165, 1.54) is 22.9 Å². The summed E-state index contributed by atoms with van der Waals surface area (Å²) in [5.74, 6) is -0.112. The summed E-state index contributed by atoms with van der Waals surface area (Å²) in [6.45, 7) is 7.41. The summed E-state index contributed by atoms with van der Waals surface area (Å²) in [4.78, 5) is 16.7. The predicted octanol–water partition coefficient (Wildman–Crippen LogP) is 3.72. The second-order valence-electron chi connectivity index (χ2n) is 6.68. The molecule has 3 rings (SSSR count). The number of anilines is 1. The molecular weight excluding hydrogens is 315 g/mol. The number of carbonyl (C=O) groups excluding carboxylic acids is 1. The average Bonchev–Trinajstić information content (AvgIpc) is 2.63. The minimum absolute atomic E-state index is 0.115. The Morgan fingerprint density at radius 2 is 1.72 bits per heavy atom. The zero-order chi connectivity index (χ0) is 17.8. The van der Waals surface area contributed by atoms with Gasteiger partial charge in [-0.1, -0.05) is 30.3 Å². The summed E-state index contributed by atoms with van der Waals surface area (Å²) in [6.07, 6.45) is 0.827. The van der Waals surface area contributed by atoms with Gasteiger partial charge in [-0.15, -0.1) is 0 Å². The number of halogens is 1. The van der Waals surface area contributed by atoms with Crippen molar-refractivity contribution in [2.45, 2.75) is 26.7 Å². The SMILES string of the molecule is Cc1cccc(N2CCN(C(=O)CCc3ccccc3F)CC2)c1C. The Morgan fingerprint density at radius 1 is 1.00 bits per heavy atom. The Kier molecular flexibility index (Phi) is 5.37. The van der Waals surface area contributed by atoms with E-state index >= 15 is 0 Å². The number of amides is 1. The quantitative estimate of drug-likeness (QED) is 0.847. The number of benzene rings is 2. The number of nitrogens with zero attached hydrogens (tertiary/aromatic N) is 2. The summed E-state index contributed by atoms with van der Waals surface area (Å²) < 4.78 is 13.7. The molecule has 3 nitrogen and oxygen atoms in total. The fraction of sp³-hybridized carbons (Fsp3) is 0.381. The normalized spacial score (nSPS) is 14.7. The number of piperazine rings is 1. The van der Waals surface area contributed by atoms with Crippen LogP contribution in [0.4, 0.5) is 10.1 Å². The van der Waals surface area contributed by atoms with Crippen molar-refractivity contribution in [3.63, 3.8) is 0 Å². The van der Waals surface area contributed by atoms with E-state index < -0.39 is 0 Å². The van der Waals surface area contributed by atoms with Crippen molar-refractivity contribution in [2.24, 2.45) is 0 Å². The van der Waals surface area contributed by atoms with Gasteiger partial charge in [0.15, 0.2) is 0 Å². The molecule has 4 heteroatoms. The molecule has 0 atom stereocenters. The predicted molar refractivity (Wildman–Crippen MR) is 99.4 cm³/mol. The van der Waals surface area contributed by atoms with Gasteiger partial charge in [-0.05, 0) is 49.1 Å². The number of aryl methyl sites for hydroxylation is 2. The molecule has 1 aliphatic rings. The van der Waals surface area contributed by atoms with Gasteiger partial charge in [0.1, 0.15) is 5.82 Å². The largest absolute Gasteiger partial charge is 0.368 e. The molecule has 0 aliphatic carbocycles. The van der Waals surface area contributed by atoms with E-state index in [-0.39, 0.29) is 11.7 Å². The Hall–Kier alpha value is -2.36. The third-order valence-electron chi connectivity index (χ3n) is 5.12. The third-order valence-corrected chi connectivity index (χ3v) is 5.12. The molecule has 1 heterocycles. The van der Waals surface area contributed by atoms with Crippen molar-refractivity contribution in [2.75, 3.05) is 31.1 Å². The molecule has 0 spiro atoms. The zero-order valence-corrected chi connectivity index (χ0v) is 15.0. The molecule has 0 bridgehead atoms. The molecule has 2 aromatic rings. The van der Waals surface area contributed by atoms with E-state index in [9.17, 15) is 9.18 Å². The molecule has 1 aliphatic heterocycles. The van der Waals surface area contributed by atoms with Crippen molar-refractivity contribution >= 4 is 11.6 Å². The first-order valence-electron chi connectivity index (χ1n) is 8.88. The van der Waals surface area contributed by atoms with E-state index in [0.29, 0.717) is 18.4 Å². The lowest BCUT2D eigenvalue weighted by molar-refractivity contribution is -0.131. The second-order valence-corrected chi connectivity index (χ2v) is 6.68. The van der Waals surface area contributed by atoms with Crippen LogP contribution in [-0.4, -0.2) is 37.0 Å². The van der Waals surface area contributed by atoms with Gasteiger partial charge in [-0.2, -0.15) is 0 Å². The van der Waals surface area contributed by atoms with Crippen LogP contribution in [-0.2, 0) is 11.2 Å². The van der Waals surface area contributed by atoms with Crippen LogP contribution in [0, 0.1) is 19.7 Å². The van der Waals surface area contributed by atoms with Crippen molar-refractivity contribution in [3.05, 3.63) is 65.0 Å². The molecule has 2 aromatic carbocycles. The first-order chi connectivity index (χ1) is 12.1. The molecule has 0 radical (unpaired) electrons. The minimum Gasteiger partial charge on any atom is -0.368 e. The van der Waals surface area contributed by atoms with Crippen LogP contribution < -0.4 is 4.90 Å². The van der Waals surface area contributed by atoms with Gasteiger partial charge in [0.2, 0.25) is 5.91 Å². The lowest BCUT2D eigenvalue weighted by atomic mass is 10.1. The van der Waals surface area contributed by atoms with E-state index in [1.807, 2.05) is 11.0 Å². The number of rotatable bonds is 4. The molecule has 0 aromatic heterocycles. The van der Waals surface area contributed by atoms with Crippen LogP contribution in [0.3, 0.4) is 0 Å². The van der Waals surface area contributed by atoms with E-state index in [2.05, 4.69) is 36.9 Å². The lowest BCUT2D eigenvalue weighted by Gasteiger charge is -2.37. The monoisotopic (exact) mass is 340 g/mol. The van der Waals surface area contributed by atoms with Crippen LogP contribution in [0.25, 0.3) is 0 Å². The first kappa shape index (κ1) is 17.5. The third kappa shape index (κ3) is 4.01. The van der Waals surface area contributed by atoms with Gasteiger partial charge >= 0.3 is 0 Å². The molecule has 1 saturated heterocycles. The van der Waals surface area contributed by atoms with E-state index in [0.717, 1.165) is 26.2 Å². The molecule has 1 amide bonds. The van der Waals surface area contributed by atoms with Gasteiger partial charge in [0, 0.05) is 38.3 Å². The van der Waals surface area contributed by atoms with Crippen LogP contribution in [0.5, 0.6) is 0 Å². The topological polar surface area (TPSA) is 23.6 Å². The molecule has 0 saturated carbocycles. The fourth-order valence-corrected chi connectivity index (χ4v) is 3.38. The minimum atomic E-state index is -0.227. The smallest absolute Gasteiger partial charge is 0.223 e. The van der Waals surface area contributed by atoms with Crippen molar-refractivity contribution in [1.29, 1.82) is 0 Å². The molecule has 25 heavy (non-hydrogen) atoms. The Morgan fingerprint density at radius 3 is 2.44 bits per heavy atom. The standard InChI is InChI=1S/C21H25FN2O/c1-16-6-5-9-20(17(16)2)23-12-14-24(15-13-23)21(25)11-10-18-7-3-4-8-19(18)22/h3-9H,10-15H2,1-2H3. The van der Waals surface area contributed by atoms with E-state index in [4.69, 9.17) is 0 Å². The average molecular weight is 340 g/mol. The summed E-state index contributed by atoms with van der Waals surface area (Å²) in [5, 5.41) is 0. The number of hydrogen-bond donors (Lipinski definition) is 0. The molecule has 132 valence electrons. The lowest BCUT2D eigenvalue weighted by Crippen LogP contribution is -2.49. The van der Waals surface area contributed by atoms with Crippen LogP contribution >= 0.6 is 0 Å². The highest BCUT2D eigenvalue weighted by molar-refractivity contribution is 5.77. The maximum absolute atomic E-state index is 13.7. The van der Waals surface area contributed by atoms with Gasteiger partial charge in [-0.3, -0.25) is 4.79 Å². The summed E-state index contributed by atoms with van der Waals surface area (Å²) in [5.41, 5.74) is 4.48. The summed E-state index contributed by atoms with van der Waals surface area (Å²) in [7, 11) is 0. The highest BCUT2D eigenvalue weighted by Crippen LogP contribution is 2.24. The van der Waals surface area contributed by atoms with Gasteiger partial charge < -0.3 is 9.80 Å². The van der Waals surface area contributed by atoms with Crippen molar-refractivity contribution < 1.29 is 9.18 Å². The maximum atomic E-state index is 13.7. The molecule has 0 N–H and O–H groups in total. The molecule has 1 fully saturated rings. The van der Waals surface area contributed by atoms with Crippen LogP contribution in [0.1, 0.15) is 23.1 Å². The maximum Gasteiger partial charge on any atom is 0.223 e. The van der Waals surface area contributed by atoms with Crippen molar-refractivity contribution in [3.8, 4) is 0 Å². The number of carbonyl (C=O) groups is 1. The summed E-state index contributed by atoms with van der Waals surface area (Å²) in [6, 6.07) is 13.0. The zero-order valence-electron chi connectivity index (χ0n) is 15.0. The summed E-state index contributed by atoms with van der Waals surface area (Å²) >= 11 is 0. The first-order valence-corrected chi connectivity index (χ1v) is 8.88. The highest BCUT2D eigenvalue weighted by atomic mass is 19.1. The second kappa shape index (κ2) is 7.68. The Bertz CT molecular complexity index is 751. The van der Waals surface area contributed by atoms with Gasteiger partial charge in [0.25, 0.3) is 0 Å². The van der Waals surface area contributed by atoms with Gasteiger partial charge in [0.05, 0.1) is 0 Å². The van der Waals surface area contributed by atoms with Gasteiger partial charge in [-0.25, -0.2) is 4.39 Å². The molecular formula is C21H25FN2O. The Labute approximate surface area is 149 Å².